The molecule has 0 aliphatic heterocycles. The number of ether oxygens (including phenoxy) is 2. The smallest absolute Gasteiger partial charge is 0.251 e. The first-order chi connectivity index (χ1) is 12.0. The third-order valence-electron chi connectivity index (χ3n) is 3.55. The molecule has 1 heterocycles. The SMILES string of the molecule is COc1cc(C(=O)NCCCc2nc(C(C)C)no2)cc(Cl)c1OC. The number of carbonyl (C=O) groups excluding carboxylic acids is 1. The molecule has 0 radical (unpaired) electrons. The number of rotatable bonds is 8. The highest BCUT2D eigenvalue weighted by Crippen LogP contribution is 2.35. The fraction of sp³-hybridized carbons (Fsp3) is 0.471. The second-order valence-corrected chi connectivity index (χ2v) is 6.16. The van der Waals surface area contributed by atoms with Crippen molar-refractivity contribution in [3.8, 4) is 11.5 Å². The molecule has 1 amide bonds. The Morgan fingerprint density at radius 1 is 1.32 bits per heavy atom. The van der Waals surface area contributed by atoms with E-state index in [1.807, 2.05) is 13.8 Å². The van der Waals surface area contributed by atoms with E-state index < -0.39 is 0 Å². The van der Waals surface area contributed by atoms with Crippen LogP contribution in [-0.4, -0.2) is 36.8 Å². The second-order valence-electron chi connectivity index (χ2n) is 5.75. The maximum atomic E-state index is 12.3. The van der Waals surface area contributed by atoms with Crippen molar-refractivity contribution in [1.82, 2.24) is 15.5 Å². The summed E-state index contributed by atoms with van der Waals surface area (Å²) < 4.78 is 15.5. The Hall–Kier alpha value is -2.28. The molecule has 0 fully saturated rings. The number of halogens is 1. The largest absolute Gasteiger partial charge is 0.493 e. The average Bonchev–Trinajstić information content (AvgIpc) is 3.06. The normalized spacial score (nSPS) is 10.8. The molecule has 2 aromatic rings. The number of carbonyl (C=O) groups is 1. The van der Waals surface area contributed by atoms with Crippen molar-refractivity contribution in [2.45, 2.75) is 32.6 Å². The summed E-state index contributed by atoms with van der Waals surface area (Å²) in [6.45, 7) is 4.48. The number of amides is 1. The van der Waals surface area contributed by atoms with Crippen LogP contribution in [0.5, 0.6) is 11.5 Å². The van der Waals surface area contributed by atoms with Crippen molar-refractivity contribution in [3.63, 3.8) is 0 Å². The van der Waals surface area contributed by atoms with E-state index in [9.17, 15) is 4.79 Å². The van der Waals surface area contributed by atoms with Gasteiger partial charge in [0, 0.05) is 24.4 Å². The maximum absolute atomic E-state index is 12.3. The summed E-state index contributed by atoms with van der Waals surface area (Å²) in [5, 5.41) is 7.06. The van der Waals surface area contributed by atoms with Crippen LogP contribution in [0.4, 0.5) is 0 Å². The molecule has 0 saturated heterocycles. The zero-order valence-electron chi connectivity index (χ0n) is 14.8. The molecule has 2 rings (SSSR count). The van der Waals surface area contributed by atoms with Crippen molar-refractivity contribution in [3.05, 3.63) is 34.4 Å². The molecule has 0 unspecified atom stereocenters. The van der Waals surface area contributed by atoms with Crippen LogP contribution in [0.3, 0.4) is 0 Å². The van der Waals surface area contributed by atoms with Crippen molar-refractivity contribution in [1.29, 1.82) is 0 Å². The first-order valence-corrected chi connectivity index (χ1v) is 8.36. The van der Waals surface area contributed by atoms with E-state index in [2.05, 4.69) is 15.5 Å². The molecule has 8 heteroatoms. The molecule has 1 aromatic carbocycles. The Bertz CT molecular complexity index is 731. The topological polar surface area (TPSA) is 86.5 Å². The number of methoxy groups -OCH3 is 2. The molecular formula is C17H22ClN3O4. The molecule has 1 aromatic heterocycles. The van der Waals surface area contributed by atoms with Gasteiger partial charge in [0.25, 0.3) is 5.91 Å². The Morgan fingerprint density at radius 2 is 2.08 bits per heavy atom. The van der Waals surface area contributed by atoms with Crippen LogP contribution >= 0.6 is 11.6 Å². The van der Waals surface area contributed by atoms with E-state index in [0.717, 1.165) is 0 Å². The van der Waals surface area contributed by atoms with Crippen LogP contribution in [-0.2, 0) is 6.42 Å². The van der Waals surface area contributed by atoms with Crippen LogP contribution in [0.2, 0.25) is 5.02 Å². The molecule has 0 atom stereocenters. The molecule has 0 aliphatic rings. The lowest BCUT2D eigenvalue weighted by molar-refractivity contribution is 0.0952. The van der Waals surface area contributed by atoms with Gasteiger partial charge in [-0.15, -0.1) is 0 Å². The second kappa shape index (κ2) is 8.71. The Balaban J connectivity index is 1.88. The number of nitrogens with zero attached hydrogens (tertiary/aromatic N) is 2. The first-order valence-electron chi connectivity index (χ1n) is 7.98. The first kappa shape index (κ1) is 19.1. The van der Waals surface area contributed by atoms with E-state index in [1.165, 1.54) is 14.2 Å². The predicted molar refractivity (Wildman–Crippen MR) is 93.6 cm³/mol. The van der Waals surface area contributed by atoms with Gasteiger partial charge in [0.2, 0.25) is 5.89 Å². The minimum absolute atomic E-state index is 0.229. The summed E-state index contributed by atoms with van der Waals surface area (Å²) in [4.78, 5) is 16.6. The number of aryl methyl sites for hydroxylation is 1. The fourth-order valence-electron chi connectivity index (χ4n) is 2.20. The van der Waals surface area contributed by atoms with Gasteiger partial charge >= 0.3 is 0 Å². The number of nitrogens with one attached hydrogen (secondary N) is 1. The lowest BCUT2D eigenvalue weighted by Gasteiger charge is -2.11. The van der Waals surface area contributed by atoms with Gasteiger partial charge in [0.15, 0.2) is 17.3 Å². The van der Waals surface area contributed by atoms with Gasteiger partial charge in [0.05, 0.1) is 19.2 Å². The number of hydrogen-bond acceptors (Lipinski definition) is 6. The standard InChI is InChI=1S/C17H22ClN3O4/c1-10(2)16-20-14(25-21-16)6-5-7-19-17(22)11-8-12(18)15(24-4)13(9-11)23-3/h8-10H,5-7H2,1-4H3,(H,19,22). The molecule has 7 nitrogen and oxygen atoms in total. The van der Waals surface area contributed by atoms with E-state index in [0.29, 0.717) is 53.2 Å². The lowest BCUT2D eigenvalue weighted by atomic mass is 10.2. The molecule has 25 heavy (non-hydrogen) atoms. The molecule has 1 N–H and O–H groups in total. The van der Waals surface area contributed by atoms with E-state index >= 15 is 0 Å². The van der Waals surface area contributed by atoms with Gasteiger partial charge in [-0.25, -0.2) is 0 Å². The Morgan fingerprint density at radius 3 is 2.68 bits per heavy atom. The summed E-state index contributed by atoms with van der Waals surface area (Å²) in [7, 11) is 2.98. The van der Waals surface area contributed by atoms with Crippen LogP contribution in [0.25, 0.3) is 0 Å². The summed E-state index contributed by atoms with van der Waals surface area (Å²) in [5.41, 5.74) is 0.405. The minimum atomic E-state index is -0.240. The van der Waals surface area contributed by atoms with Gasteiger partial charge in [-0.1, -0.05) is 30.6 Å². The third kappa shape index (κ3) is 4.85. The Kier molecular flexibility index (Phi) is 6.64. The molecule has 0 aliphatic carbocycles. The summed E-state index contributed by atoms with van der Waals surface area (Å²) in [6, 6.07) is 3.14. The highest BCUT2D eigenvalue weighted by molar-refractivity contribution is 6.32. The van der Waals surface area contributed by atoms with E-state index in [4.69, 9.17) is 25.6 Å². The zero-order valence-corrected chi connectivity index (χ0v) is 15.5. The lowest BCUT2D eigenvalue weighted by Crippen LogP contribution is -2.24. The van der Waals surface area contributed by atoms with Crippen LogP contribution in [0, 0.1) is 0 Å². The van der Waals surface area contributed by atoms with Crippen molar-refractivity contribution in [2.75, 3.05) is 20.8 Å². The fourth-order valence-corrected chi connectivity index (χ4v) is 2.48. The van der Waals surface area contributed by atoms with Crippen LogP contribution < -0.4 is 14.8 Å². The highest BCUT2D eigenvalue weighted by Gasteiger charge is 2.15. The third-order valence-corrected chi connectivity index (χ3v) is 3.83. The molecule has 0 bridgehead atoms. The molecule has 136 valence electrons. The number of benzene rings is 1. The summed E-state index contributed by atoms with van der Waals surface area (Å²) in [5.74, 6) is 2.07. The van der Waals surface area contributed by atoms with Gasteiger partial charge in [-0.05, 0) is 18.6 Å². The predicted octanol–water partition coefficient (Wildman–Crippen LogP) is 3.23. The molecule has 0 saturated carbocycles. The van der Waals surface area contributed by atoms with Crippen LogP contribution in [0.1, 0.15) is 48.3 Å². The maximum Gasteiger partial charge on any atom is 0.251 e. The zero-order chi connectivity index (χ0) is 18.4. The van der Waals surface area contributed by atoms with Gasteiger partial charge in [-0.3, -0.25) is 4.79 Å². The number of hydrogen-bond donors (Lipinski definition) is 1. The van der Waals surface area contributed by atoms with E-state index in [1.54, 1.807) is 12.1 Å². The monoisotopic (exact) mass is 367 g/mol. The van der Waals surface area contributed by atoms with Gasteiger partial charge in [-0.2, -0.15) is 4.98 Å². The molecule has 0 spiro atoms. The van der Waals surface area contributed by atoms with Crippen LogP contribution in [0.15, 0.2) is 16.7 Å². The highest BCUT2D eigenvalue weighted by atomic mass is 35.5. The average molecular weight is 368 g/mol. The number of aromatic nitrogens is 2. The minimum Gasteiger partial charge on any atom is -0.493 e. The Labute approximate surface area is 151 Å². The quantitative estimate of drug-likeness (QED) is 0.721. The van der Waals surface area contributed by atoms with Crippen molar-refractivity contribution in [2.24, 2.45) is 0 Å². The summed E-state index contributed by atoms with van der Waals surface area (Å²) in [6.07, 6.45) is 1.29. The van der Waals surface area contributed by atoms with Gasteiger partial charge in [0.1, 0.15) is 0 Å². The van der Waals surface area contributed by atoms with Crippen molar-refractivity contribution < 1.29 is 18.8 Å². The van der Waals surface area contributed by atoms with E-state index in [-0.39, 0.29) is 11.8 Å². The van der Waals surface area contributed by atoms with Crippen molar-refractivity contribution >= 4 is 17.5 Å². The summed E-state index contributed by atoms with van der Waals surface area (Å²) >= 11 is 6.11. The molecular weight excluding hydrogens is 346 g/mol. The van der Waals surface area contributed by atoms with Gasteiger partial charge < -0.3 is 19.3 Å².